The number of anilines is 1. The molecule has 176 valence electrons. The summed E-state index contributed by atoms with van der Waals surface area (Å²) in [6.07, 6.45) is 0. The predicted molar refractivity (Wildman–Crippen MR) is 134 cm³/mol. The van der Waals surface area contributed by atoms with Gasteiger partial charge in [-0.15, -0.1) is 12.4 Å². The lowest BCUT2D eigenvalue weighted by atomic mass is 10.1. The Bertz CT molecular complexity index is 1070. The molecule has 2 N–H and O–H groups in total. The standard InChI is InChI=1S/C23H23Cl2N3O4.ClH/c1-31-22-4-2-3-16(23(22)32-15-17-5-6-18(24)13-21(17)25)14-26-11-12-27-19-7-9-20(10-8-19)28(29)30;/h2-10,13,26-27H,11-12,14-15H2,1H3;1H. The second-order valence-corrected chi connectivity index (χ2v) is 7.72. The maximum atomic E-state index is 10.7. The number of halogens is 3. The third-order valence-corrected chi connectivity index (χ3v) is 5.28. The first-order chi connectivity index (χ1) is 15.5. The van der Waals surface area contributed by atoms with Crippen molar-refractivity contribution in [2.45, 2.75) is 13.2 Å². The Labute approximate surface area is 208 Å². The molecule has 0 aromatic heterocycles. The number of ether oxygens (including phenoxy) is 2. The van der Waals surface area contributed by atoms with E-state index >= 15 is 0 Å². The molecule has 3 aromatic rings. The number of rotatable bonds is 11. The number of nitro groups is 1. The Morgan fingerprint density at radius 3 is 2.42 bits per heavy atom. The number of hydrogen-bond donors (Lipinski definition) is 2. The first kappa shape index (κ1) is 26.5. The normalized spacial score (nSPS) is 10.3. The highest BCUT2D eigenvalue weighted by atomic mass is 35.5. The largest absolute Gasteiger partial charge is 0.493 e. The lowest BCUT2D eigenvalue weighted by Gasteiger charge is -2.16. The van der Waals surface area contributed by atoms with Gasteiger partial charge in [-0.1, -0.05) is 41.4 Å². The number of non-ortho nitro benzene ring substituents is 1. The maximum absolute atomic E-state index is 10.7. The summed E-state index contributed by atoms with van der Waals surface area (Å²) in [4.78, 5) is 10.3. The molecule has 0 spiro atoms. The number of benzene rings is 3. The van der Waals surface area contributed by atoms with Crippen LogP contribution < -0.4 is 20.1 Å². The van der Waals surface area contributed by atoms with Crippen molar-refractivity contribution < 1.29 is 14.4 Å². The Balaban J connectivity index is 0.00000385. The first-order valence-corrected chi connectivity index (χ1v) is 10.6. The van der Waals surface area contributed by atoms with Crippen LogP contribution >= 0.6 is 35.6 Å². The van der Waals surface area contributed by atoms with Gasteiger partial charge in [-0.2, -0.15) is 0 Å². The van der Waals surface area contributed by atoms with Gasteiger partial charge in [0.1, 0.15) is 6.61 Å². The van der Waals surface area contributed by atoms with Crippen molar-refractivity contribution in [3.8, 4) is 11.5 Å². The Morgan fingerprint density at radius 2 is 1.76 bits per heavy atom. The van der Waals surface area contributed by atoms with Crippen LogP contribution in [0.1, 0.15) is 11.1 Å². The molecule has 10 heteroatoms. The topological polar surface area (TPSA) is 85.7 Å². The molecule has 0 saturated carbocycles. The van der Waals surface area contributed by atoms with Crippen LogP contribution in [-0.4, -0.2) is 25.1 Å². The van der Waals surface area contributed by atoms with Crippen molar-refractivity contribution in [2.75, 3.05) is 25.5 Å². The van der Waals surface area contributed by atoms with Crippen LogP contribution in [0.3, 0.4) is 0 Å². The van der Waals surface area contributed by atoms with Crippen molar-refractivity contribution in [3.05, 3.63) is 92.0 Å². The van der Waals surface area contributed by atoms with Gasteiger partial charge in [-0.25, -0.2) is 0 Å². The summed E-state index contributed by atoms with van der Waals surface area (Å²) in [5.74, 6) is 1.29. The SMILES string of the molecule is COc1cccc(CNCCNc2ccc([N+](=O)[O-])cc2)c1OCc1ccc(Cl)cc1Cl.Cl. The molecule has 3 aromatic carbocycles. The Morgan fingerprint density at radius 1 is 1.00 bits per heavy atom. The van der Waals surface area contributed by atoms with Gasteiger partial charge < -0.3 is 20.1 Å². The van der Waals surface area contributed by atoms with E-state index in [1.807, 2.05) is 24.3 Å². The molecule has 3 rings (SSSR count). The third kappa shape index (κ3) is 7.68. The lowest BCUT2D eigenvalue weighted by Crippen LogP contribution is -2.22. The average Bonchev–Trinajstić information content (AvgIpc) is 2.79. The number of para-hydroxylation sites is 1. The molecule has 0 radical (unpaired) electrons. The molecule has 0 amide bonds. The molecular formula is C23H24Cl3N3O4. The van der Waals surface area contributed by atoms with Crippen molar-refractivity contribution in [2.24, 2.45) is 0 Å². The predicted octanol–water partition coefficient (Wildman–Crippen LogP) is 6.11. The smallest absolute Gasteiger partial charge is 0.269 e. The number of nitro benzene ring substituents is 1. The second-order valence-electron chi connectivity index (χ2n) is 6.88. The van der Waals surface area contributed by atoms with Gasteiger partial charge in [-0.05, 0) is 30.3 Å². The lowest BCUT2D eigenvalue weighted by molar-refractivity contribution is -0.384. The second kappa shape index (κ2) is 13.1. The summed E-state index contributed by atoms with van der Waals surface area (Å²) in [6.45, 7) is 2.18. The molecule has 0 atom stereocenters. The molecule has 0 fully saturated rings. The summed E-state index contributed by atoms with van der Waals surface area (Å²) in [7, 11) is 1.60. The van der Waals surface area contributed by atoms with Crippen molar-refractivity contribution >= 4 is 47.0 Å². The Hall–Kier alpha value is -2.71. The van der Waals surface area contributed by atoms with E-state index in [-0.39, 0.29) is 24.7 Å². The third-order valence-electron chi connectivity index (χ3n) is 4.69. The number of nitrogens with one attached hydrogen (secondary N) is 2. The summed E-state index contributed by atoms with van der Waals surface area (Å²) >= 11 is 12.2. The van der Waals surface area contributed by atoms with E-state index in [4.69, 9.17) is 32.7 Å². The van der Waals surface area contributed by atoms with E-state index in [0.29, 0.717) is 41.2 Å². The molecule has 0 aliphatic rings. The molecular weight excluding hydrogens is 489 g/mol. The van der Waals surface area contributed by atoms with Gasteiger partial charge in [0.05, 0.1) is 12.0 Å². The van der Waals surface area contributed by atoms with Crippen molar-refractivity contribution in [3.63, 3.8) is 0 Å². The summed E-state index contributed by atoms with van der Waals surface area (Å²) in [5, 5.41) is 18.4. The zero-order chi connectivity index (χ0) is 22.9. The van der Waals surface area contributed by atoms with Crippen LogP contribution in [0.25, 0.3) is 0 Å². The monoisotopic (exact) mass is 511 g/mol. The zero-order valence-corrected chi connectivity index (χ0v) is 20.2. The number of nitrogens with zero attached hydrogens (tertiary/aromatic N) is 1. The van der Waals surface area contributed by atoms with Gasteiger partial charge in [0.25, 0.3) is 5.69 Å². The molecule has 0 saturated heterocycles. The van der Waals surface area contributed by atoms with E-state index in [1.165, 1.54) is 12.1 Å². The van der Waals surface area contributed by atoms with Crippen LogP contribution in [0.4, 0.5) is 11.4 Å². The fourth-order valence-electron chi connectivity index (χ4n) is 3.03. The minimum absolute atomic E-state index is 0. The molecule has 7 nitrogen and oxygen atoms in total. The molecule has 0 heterocycles. The van der Waals surface area contributed by atoms with E-state index in [0.717, 1.165) is 16.8 Å². The van der Waals surface area contributed by atoms with E-state index in [1.54, 1.807) is 31.4 Å². The van der Waals surface area contributed by atoms with Crippen molar-refractivity contribution in [1.29, 1.82) is 0 Å². The highest BCUT2D eigenvalue weighted by molar-refractivity contribution is 6.35. The van der Waals surface area contributed by atoms with Gasteiger partial charge in [0, 0.05) is 58.6 Å². The van der Waals surface area contributed by atoms with Crippen LogP contribution in [0, 0.1) is 10.1 Å². The van der Waals surface area contributed by atoms with E-state index in [2.05, 4.69) is 10.6 Å². The van der Waals surface area contributed by atoms with Gasteiger partial charge >= 0.3 is 0 Å². The van der Waals surface area contributed by atoms with Gasteiger partial charge in [0.2, 0.25) is 0 Å². The minimum atomic E-state index is -0.417. The summed E-state index contributed by atoms with van der Waals surface area (Å²) < 4.78 is 11.5. The van der Waals surface area contributed by atoms with Gasteiger partial charge in [-0.3, -0.25) is 10.1 Å². The minimum Gasteiger partial charge on any atom is -0.493 e. The molecule has 33 heavy (non-hydrogen) atoms. The highest BCUT2D eigenvalue weighted by Gasteiger charge is 2.12. The van der Waals surface area contributed by atoms with Crippen molar-refractivity contribution in [1.82, 2.24) is 5.32 Å². The molecule has 0 bridgehead atoms. The summed E-state index contributed by atoms with van der Waals surface area (Å²) in [6, 6.07) is 17.3. The quantitative estimate of drug-likeness (QED) is 0.183. The van der Waals surface area contributed by atoms with E-state index in [9.17, 15) is 10.1 Å². The molecule has 0 aliphatic carbocycles. The number of methoxy groups -OCH3 is 1. The zero-order valence-electron chi connectivity index (χ0n) is 17.8. The summed E-state index contributed by atoms with van der Waals surface area (Å²) in [5.41, 5.74) is 2.67. The molecule has 0 aliphatic heterocycles. The van der Waals surface area contributed by atoms with Crippen LogP contribution in [0.2, 0.25) is 10.0 Å². The van der Waals surface area contributed by atoms with E-state index < -0.39 is 4.92 Å². The fraction of sp³-hybridized carbons (Fsp3) is 0.217. The average molecular weight is 513 g/mol. The van der Waals surface area contributed by atoms with Crippen LogP contribution in [0.5, 0.6) is 11.5 Å². The van der Waals surface area contributed by atoms with Gasteiger partial charge in [0.15, 0.2) is 11.5 Å². The van der Waals surface area contributed by atoms with Crippen LogP contribution in [0.15, 0.2) is 60.7 Å². The molecule has 0 unspecified atom stereocenters. The van der Waals surface area contributed by atoms with Crippen LogP contribution in [-0.2, 0) is 13.2 Å². The number of hydrogen-bond acceptors (Lipinski definition) is 6. The first-order valence-electron chi connectivity index (χ1n) is 9.89. The maximum Gasteiger partial charge on any atom is 0.269 e. The highest BCUT2D eigenvalue weighted by Crippen LogP contribution is 2.32. The fourth-order valence-corrected chi connectivity index (χ4v) is 3.50. The Kier molecular flexibility index (Phi) is 10.5.